The Labute approximate surface area is 92.3 Å². The van der Waals surface area contributed by atoms with Crippen molar-refractivity contribution in [1.29, 1.82) is 0 Å². The Morgan fingerprint density at radius 2 is 1.87 bits per heavy atom. The van der Waals surface area contributed by atoms with E-state index in [1.807, 2.05) is 0 Å². The van der Waals surface area contributed by atoms with Crippen molar-refractivity contribution in [3.8, 4) is 0 Å². The molecule has 0 aromatic heterocycles. The molecule has 82 valence electrons. The Kier molecular flexibility index (Phi) is 3.19. The van der Waals surface area contributed by atoms with E-state index in [1.54, 1.807) is 0 Å². The van der Waals surface area contributed by atoms with Gasteiger partial charge < -0.3 is 0 Å². The number of benzene rings is 1. The lowest BCUT2D eigenvalue weighted by Gasteiger charge is -2.21. The highest BCUT2D eigenvalue weighted by atomic mass is 32.2. The molecule has 1 aliphatic heterocycles. The van der Waals surface area contributed by atoms with Crippen LogP contribution in [0, 0.1) is 13.8 Å². The second kappa shape index (κ2) is 4.43. The number of rotatable bonds is 1. The monoisotopic (exact) mass is 226 g/mol. The highest BCUT2D eigenvalue weighted by Gasteiger charge is 2.21. The Hall–Kier alpha value is -0.710. The van der Waals surface area contributed by atoms with Gasteiger partial charge in [-0.3, -0.25) is 8.37 Å². The molecule has 0 N–H and O–H groups in total. The van der Waals surface area contributed by atoms with Crippen molar-refractivity contribution in [2.45, 2.75) is 19.8 Å². The first kappa shape index (κ1) is 10.8. The minimum Gasteiger partial charge on any atom is -0.268 e. The molecule has 2 rings (SSSR count). The second-order valence-corrected chi connectivity index (χ2v) is 4.69. The van der Waals surface area contributed by atoms with E-state index in [-0.39, 0.29) is 5.92 Å². The molecule has 1 aromatic carbocycles. The van der Waals surface area contributed by atoms with E-state index in [4.69, 9.17) is 8.37 Å². The standard InChI is InChI=1S/C11H14O3S/c1-8-3-4-10(5-9(8)2)11-6-13-15(12)14-7-11/h3-5,11H,6-7H2,1-2H3. The number of hydrogen-bond acceptors (Lipinski definition) is 3. The summed E-state index contributed by atoms with van der Waals surface area (Å²) in [5.74, 6) is 0.196. The quantitative estimate of drug-likeness (QED) is 0.735. The van der Waals surface area contributed by atoms with Gasteiger partial charge >= 0.3 is 11.4 Å². The van der Waals surface area contributed by atoms with Gasteiger partial charge in [0.25, 0.3) is 0 Å². The summed E-state index contributed by atoms with van der Waals surface area (Å²) in [7, 11) is 0. The van der Waals surface area contributed by atoms with Gasteiger partial charge in [-0.25, -0.2) is 0 Å². The van der Waals surface area contributed by atoms with Crippen LogP contribution in [0.25, 0.3) is 0 Å². The third-order valence-corrected chi connectivity index (χ3v) is 3.39. The van der Waals surface area contributed by atoms with E-state index in [1.165, 1.54) is 16.7 Å². The molecule has 1 aliphatic rings. The van der Waals surface area contributed by atoms with Crippen molar-refractivity contribution in [3.63, 3.8) is 0 Å². The lowest BCUT2D eigenvalue weighted by atomic mass is 9.97. The summed E-state index contributed by atoms with van der Waals surface area (Å²) < 4.78 is 20.8. The minimum atomic E-state index is -1.54. The van der Waals surface area contributed by atoms with E-state index in [0.717, 1.165) is 0 Å². The van der Waals surface area contributed by atoms with Gasteiger partial charge in [-0.15, -0.1) is 0 Å². The molecule has 0 amide bonds. The third-order valence-electron chi connectivity index (χ3n) is 2.73. The molecule has 0 spiro atoms. The van der Waals surface area contributed by atoms with Crippen LogP contribution in [-0.2, 0) is 19.7 Å². The van der Waals surface area contributed by atoms with Crippen LogP contribution in [0.15, 0.2) is 18.2 Å². The summed E-state index contributed by atoms with van der Waals surface area (Å²) >= 11 is -1.54. The molecule has 1 saturated heterocycles. The van der Waals surface area contributed by atoms with E-state index in [0.29, 0.717) is 13.2 Å². The summed E-state index contributed by atoms with van der Waals surface area (Å²) in [5.41, 5.74) is 3.73. The summed E-state index contributed by atoms with van der Waals surface area (Å²) in [5, 5.41) is 0. The largest absolute Gasteiger partial charge is 0.304 e. The predicted octanol–water partition coefficient (Wildman–Crippen LogP) is 2.01. The van der Waals surface area contributed by atoms with Crippen LogP contribution in [0.2, 0.25) is 0 Å². The zero-order valence-electron chi connectivity index (χ0n) is 8.86. The zero-order valence-corrected chi connectivity index (χ0v) is 9.67. The van der Waals surface area contributed by atoms with Crippen LogP contribution in [0.1, 0.15) is 22.6 Å². The van der Waals surface area contributed by atoms with Crippen molar-refractivity contribution < 1.29 is 12.6 Å². The van der Waals surface area contributed by atoms with Gasteiger partial charge in [0.15, 0.2) is 0 Å². The molecule has 0 saturated carbocycles. The minimum absolute atomic E-state index is 0.196. The third kappa shape index (κ3) is 2.45. The van der Waals surface area contributed by atoms with E-state index < -0.39 is 11.4 Å². The highest BCUT2D eigenvalue weighted by Crippen LogP contribution is 2.23. The Balaban J connectivity index is 2.16. The molecule has 1 fully saturated rings. The molecule has 15 heavy (non-hydrogen) atoms. The van der Waals surface area contributed by atoms with E-state index >= 15 is 0 Å². The summed E-state index contributed by atoms with van der Waals surface area (Å²) in [4.78, 5) is 0. The van der Waals surface area contributed by atoms with E-state index in [2.05, 4.69) is 32.0 Å². The van der Waals surface area contributed by atoms with Crippen LogP contribution in [-0.4, -0.2) is 17.4 Å². The Bertz CT molecular complexity index is 379. The topological polar surface area (TPSA) is 35.5 Å². The van der Waals surface area contributed by atoms with Crippen molar-refractivity contribution >= 4 is 11.4 Å². The maximum Gasteiger partial charge on any atom is 0.304 e. The predicted molar refractivity (Wildman–Crippen MR) is 58.7 cm³/mol. The fraction of sp³-hybridized carbons (Fsp3) is 0.455. The molecule has 1 heterocycles. The lowest BCUT2D eigenvalue weighted by molar-refractivity contribution is 0.160. The van der Waals surface area contributed by atoms with Gasteiger partial charge in [0.1, 0.15) is 0 Å². The van der Waals surface area contributed by atoms with Crippen molar-refractivity contribution in [2.24, 2.45) is 0 Å². The number of hydrogen-bond donors (Lipinski definition) is 0. The fourth-order valence-corrected chi connectivity index (χ4v) is 2.19. The average molecular weight is 226 g/mol. The maximum atomic E-state index is 10.8. The van der Waals surface area contributed by atoms with E-state index in [9.17, 15) is 4.21 Å². The first-order valence-electron chi connectivity index (χ1n) is 4.92. The fourth-order valence-electron chi connectivity index (χ4n) is 1.57. The highest BCUT2D eigenvalue weighted by molar-refractivity contribution is 7.75. The maximum absolute atomic E-state index is 10.8. The van der Waals surface area contributed by atoms with Gasteiger partial charge in [0.2, 0.25) is 0 Å². The van der Waals surface area contributed by atoms with Crippen LogP contribution in [0.3, 0.4) is 0 Å². The Morgan fingerprint density at radius 1 is 1.20 bits per heavy atom. The molecule has 0 atom stereocenters. The molecule has 3 nitrogen and oxygen atoms in total. The molecule has 0 aliphatic carbocycles. The lowest BCUT2D eigenvalue weighted by Crippen LogP contribution is -2.23. The van der Waals surface area contributed by atoms with Crippen LogP contribution in [0.4, 0.5) is 0 Å². The molecule has 1 aromatic rings. The van der Waals surface area contributed by atoms with Gasteiger partial charge in [-0.05, 0) is 30.5 Å². The van der Waals surface area contributed by atoms with Crippen LogP contribution >= 0.6 is 0 Å². The van der Waals surface area contributed by atoms with Gasteiger partial charge in [-0.2, -0.15) is 4.21 Å². The average Bonchev–Trinajstić information content (AvgIpc) is 2.23. The first-order chi connectivity index (χ1) is 7.16. The van der Waals surface area contributed by atoms with Gasteiger partial charge in [0, 0.05) is 5.92 Å². The normalized spacial score (nSPS) is 26.5. The van der Waals surface area contributed by atoms with Crippen LogP contribution < -0.4 is 0 Å². The summed E-state index contributed by atoms with van der Waals surface area (Å²) in [6.45, 7) is 5.10. The summed E-state index contributed by atoms with van der Waals surface area (Å²) in [6.07, 6.45) is 0. The Morgan fingerprint density at radius 3 is 2.47 bits per heavy atom. The molecular formula is C11H14O3S. The molecule has 0 radical (unpaired) electrons. The van der Waals surface area contributed by atoms with Crippen molar-refractivity contribution in [2.75, 3.05) is 13.2 Å². The first-order valence-corrected chi connectivity index (χ1v) is 5.92. The SMILES string of the molecule is Cc1ccc(C2COS(=O)OC2)cc1C. The molecule has 0 bridgehead atoms. The van der Waals surface area contributed by atoms with Gasteiger partial charge in [-0.1, -0.05) is 18.2 Å². The van der Waals surface area contributed by atoms with Crippen molar-refractivity contribution in [1.82, 2.24) is 0 Å². The second-order valence-electron chi connectivity index (χ2n) is 3.81. The molecular weight excluding hydrogens is 212 g/mol. The summed E-state index contributed by atoms with van der Waals surface area (Å²) in [6, 6.07) is 6.31. The zero-order chi connectivity index (χ0) is 10.8. The van der Waals surface area contributed by atoms with Gasteiger partial charge in [0.05, 0.1) is 13.2 Å². The van der Waals surface area contributed by atoms with Crippen molar-refractivity contribution in [3.05, 3.63) is 34.9 Å². The van der Waals surface area contributed by atoms with Crippen LogP contribution in [0.5, 0.6) is 0 Å². The smallest absolute Gasteiger partial charge is 0.268 e. The number of aryl methyl sites for hydroxylation is 2. The molecule has 4 heteroatoms. The molecule has 0 unspecified atom stereocenters.